The number of amides is 1. The molecule has 0 aromatic carbocycles. The molecule has 1 aromatic rings. The third-order valence-electron chi connectivity index (χ3n) is 3.18. The first kappa shape index (κ1) is 11.7. The second-order valence-corrected chi connectivity index (χ2v) is 4.32. The van der Waals surface area contributed by atoms with Gasteiger partial charge in [-0.05, 0) is 12.0 Å². The zero-order chi connectivity index (χ0) is 12.4. The van der Waals surface area contributed by atoms with Crippen molar-refractivity contribution in [1.29, 1.82) is 0 Å². The number of carbonyl (C=O) groups excluding carboxylic acids is 1. The molecule has 1 fully saturated rings. The van der Waals surface area contributed by atoms with Crippen LogP contribution in [0.1, 0.15) is 35.9 Å². The van der Waals surface area contributed by atoms with Crippen molar-refractivity contribution in [2.75, 3.05) is 6.54 Å². The number of aromatic carboxylic acids is 1. The standard InChI is InChI=1S/C12H15NO4/c1-2-8-5-11(14)13(6-8)7-10-9(12(15)16)3-4-17-10/h3-4,8H,2,5-7H2,1H3,(H,15,16). The minimum Gasteiger partial charge on any atom is -0.478 e. The summed E-state index contributed by atoms with van der Waals surface area (Å²) in [4.78, 5) is 24.2. The summed E-state index contributed by atoms with van der Waals surface area (Å²) in [5.41, 5.74) is 0.137. The highest BCUT2D eigenvalue weighted by atomic mass is 16.4. The van der Waals surface area contributed by atoms with Crippen molar-refractivity contribution in [3.8, 4) is 0 Å². The molecule has 1 N–H and O–H groups in total. The summed E-state index contributed by atoms with van der Waals surface area (Å²) >= 11 is 0. The van der Waals surface area contributed by atoms with Crippen molar-refractivity contribution in [2.24, 2.45) is 5.92 Å². The molecule has 1 aliphatic rings. The number of rotatable bonds is 4. The fraction of sp³-hybridized carbons (Fsp3) is 0.500. The van der Waals surface area contributed by atoms with E-state index >= 15 is 0 Å². The van der Waals surface area contributed by atoms with Crippen molar-refractivity contribution in [1.82, 2.24) is 4.90 Å². The maximum absolute atomic E-state index is 11.7. The number of carbonyl (C=O) groups is 2. The molecule has 17 heavy (non-hydrogen) atoms. The molecule has 1 saturated heterocycles. The molecule has 0 saturated carbocycles. The summed E-state index contributed by atoms with van der Waals surface area (Å²) in [5, 5.41) is 8.93. The van der Waals surface area contributed by atoms with E-state index in [1.165, 1.54) is 12.3 Å². The molecule has 5 nitrogen and oxygen atoms in total. The predicted octanol–water partition coefficient (Wildman–Crippen LogP) is 1.74. The van der Waals surface area contributed by atoms with Gasteiger partial charge in [-0.1, -0.05) is 13.3 Å². The highest BCUT2D eigenvalue weighted by molar-refractivity contribution is 5.88. The lowest BCUT2D eigenvalue weighted by Gasteiger charge is -2.15. The summed E-state index contributed by atoms with van der Waals surface area (Å²) < 4.78 is 5.13. The average Bonchev–Trinajstić information content (AvgIpc) is 2.87. The van der Waals surface area contributed by atoms with Crippen LogP contribution in [0.25, 0.3) is 0 Å². The first-order valence-electron chi connectivity index (χ1n) is 5.69. The first-order valence-corrected chi connectivity index (χ1v) is 5.69. The minimum atomic E-state index is -1.02. The SMILES string of the molecule is CCC1CC(=O)N(Cc2occc2C(=O)O)C1. The van der Waals surface area contributed by atoms with E-state index in [0.717, 1.165) is 6.42 Å². The Kier molecular flexibility index (Phi) is 3.17. The van der Waals surface area contributed by atoms with Crippen molar-refractivity contribution in [3.05, 3.63) is 23.7 Å². The van der Waals surface area contributed by atoms with E-state index in [1.54, 1.807) is 4.90 Å². The Bertz CT molecular complexity index is 437. The molecule has 2 rings (SSSR count). The molecule has 1 aliphatic heterocycles. The number of hydrogen-bond acceptors (Lipinski definition) is 3. The summed E-state index contributed by atoms with van der Waals surface area (Å²) in [5.74, 6) is -0.217. The number of likely N-dealkylation sites (tertiary alicyclic amines) is 1. The van der Waals surface area contributed by atoms with E-state index in [9.17, 15) is 9.59 Å². The van der Waals surface area contributed by atoms with Crippen LogP contribution in [-0.4, -0.2) is 28.4 Å². The topological polar surface area (TPSA) is 70.8 Å². The Labute approximate surface area is 99.0 Å². The van der Waals surface area contributed by atoms with Crippen LogP contribution in [0.15, 0.2) is 16.7 Å². The second-order valence-electron chi connectivity index (χ2n) is 4.32. The smallest absolute Gasteiger partial charge is 0.339 e. The van der Waals surface area contributed by atoms with Gasteiger partial charge in [-0.25, -0.2) is 4.79 Å². The van der Waals surface area contributed by atoms with Gasteiger partial charge < -0.3 is 14.4 Å². The number of furan rings is 1. The summed E-state index contributed by atoms with van der Waals surface area (Å²) in [6.07, 6.45) is 2.86. The van der Waals surface area contributed by atoms with Crippen LogP contribution < -0.4 is 0 Å². The normalized spacial score (nSPS) is 19.9. The Hall–Kier alpha value is -1.78. The van der Waals surface area contributed by atoms with Crippen LogP contribution in [0, 0.1) is 5.92 Å². The van der Waals surface area contributed by atoms with Gasteiger partial charge in [-0.2, -0.15) is 0 Å². The molecular weight excluding hydrogens is 222 g/mol. The van der Waals surface area contributed by atoms with Crippen LogP contribution >= 0.6 is 0 Å². The summed E-state index contributed by atoms with van der Waals surface area (Å²) in [7, 11) is 0. The zero-order valence-electron chi connectivity index (χ0n) is 9.68. The Morgan fingerprint density at radius 2 is 2.41 bits per heavy atom. The van der Waals surface area contributed by atoms with E-state index in [0.29, 0.717) is 24.6 Å². The van der Waals surface area contributed by atoms with E-state index < -0.39 is 5.97 Å². The van der Waals surface area contributed by atoms with Crippen molar-refractivity contribution in [2.45, 2.75) is 26.3 Å². The highest BCUT2D eigenvalue weighted by Gasteiger charge is 2.29. The minimum absolute atomic E-state index is 0.0737. The Morgan fingerprint density at radius 1 is 1.65 bits per heavy atom. The molecule has 0 aliphatic carbocycles. The number of hydrogen-bond donors (Lipinski definition) is 1. The first-order chi connectivity index (χ1) is 8.11. The van der Waals surface area contributed by atoms with Gasteiger partial charge >= 0.3 is 5.97 Å². The largest absolute Gasteiger partial charge is 0.478 e. The average molecular weight is 237 g/mol. The molecular formula is C12H15NO4. The predicted molar refractivity (Wildman–Crippen MR) is 59.5 cm³/mol. The lowest BCUT2D eigenvalue weighted by molar-refractivity contribution is -0.128. The molecule has 0 spiro atoms. The van der Waals surface area contributed by atoms with Crippen LogP contribution in [0.5, 0.6) is 0 Å². The molecule has 92 valence electrons. The van der Waals surface area contributed by atoms with Crippen LogP contribution in [-0.2, 0) is 11.3 Å². The van der Waals surface area contributed by atoms with Crippen LogP contribution in [0.3, 0.4) is 0 Å². The third-order valence-corrected chi connectivity index (χ3v) is 3.18. The molecule has 1 aromatic heterocycles. The van der Waals surface area contributed by atoms with Gasteiger partial charge in [0.15, 0.2) is 0 Å². The fourth-order valence-corrected chi connectivity index (χ4v) is 2.11. The van der Waals surface area contributed by atoms with Gasteiger partial charge in [0, 0.05) is 13.0 Å². The Balaban J connectivity index is 2.08. The summed E-state index contributed by atoms with van der Waals surface area (Å²) in [6.45, 7) is 3.00. The zero-order valence-corrected chi connectivity index (χ0v) is 9.68. The van der Waals surface area contributed by atoms with Gasteiger partial charge in [0.25, 0.3) is 0 Å². The number of carboxylic acids is 1. The van der Waals surface area contributed by atoms with Crippen LogP contribution in [0.2, 0.25) is 0 Å². The molecule has 0 bridgehead atoms. The summed E-state index contributed by atoms with van der Waals surface area (Å²) in [6, 6.07) is 1.41. The Morgan fingerprint density at radius 3 is 3.00 bits per heavy atom. The number of carboxylic acid groups (broad SMARTS) is 1. The van der Waals surface area contributed by atoms with E-state index in [1.807, 2.05) is 0 Å². The third kappa shape index (κ3) is 2.33. The molecule has 1 atom stereocenters. The van der Waals surface area contributed by atoms with Gasteiger partial charge in [0.05, 0.1) is 12.8 Å². The maximum Gasteiger partial charge on any atom is 0.339 e. The van der Waals surface area contributed by atoms with Gasteiger partial charge in [0.2, 0.25) is 5.91 Å². The monoisotopic (exact) mass is 237 g/mol. The molecule has 2 heterocycles. The van der Waals surface area contributed by atoms with Crippen molar-refractivity contribution in [3.63, 3.8) is 0 Å². The van der Waals surface area contributed by atoms with E-state index in [4.69, 9.17) is 9.52 Å². The molecule has 1 unspecified atom stereocenters. The molecule has 1 amide bonds. The lowest BCUT2D eigenvalue weighted by Crippen LogP contribution is -2.25. The van der Waals surface area contributed by atoms with Gasteiger partial charge in [0.1, 0.15) is 11.3 Å². The van der Waals surface area contributed by atoms with Gasteiger partial charge in [-0.3, -0.25) is 4.79 Å². The lowest BCUT2D eigenvalue weighted by atomic mass is 10.1. The number of nitrogens with zero attached hydrogens (tertiary/aromatic N) is 1. The molecule has 0 radical (unpaired) electrons. The quantitative estimate of drug-likeness (QED) is 0.865. The molecule has 5 heteroatoms. The van der Waals surface area contributed by atoms with Gasteiger partial charge in [-0.15, -0.1) is 0 Å². The fourth-order valence-electron chi connectivity index (χ4n) is 2.11. The van der Waals surface area contributed by atoms with E-state index in [2.05, 4.69) is 6.92 Å². The second kappa shape index (κ2) is 4.61. The van der Waals surface area contributed by atoms with E-state index in [-0.39, 0.29) is 18.0 Å². The highest BCUT2D eigenvalue weighted by Crippen LogP contribution is 2.23. The van der Waals surface area contributed by atoms with Crippen molar-refractivity contribution >= 4 is 11.9 Å². The van der Waals surface area contributed by atoms with Crippen LogP contribution in [0.4, 0.5) is 0 Å². The van der Waals surface area contributed by atoms with Crippen molar-refractivity contribution < 1.29 is 19.1 Å². The maximum atomic E-state index is 11.7.